The average Bonchev–Trinajstić information content (AvgIpc) is 3.27. The summed E-state index contributed by atoms with van der Waals surface area (Å²) in [6.45, 7) is 5.12. The molecule has 1 saturated heterocycles. The molecule has 3 aromatic rings. The van der Waals surface area contributed by atoms with Crippen molar-refractivity contribution >= 4 is 38.4 Å². The van der Waals surface area contributed by atoms with Crippen LogP contribution in [0.4, 0.5) is 5.69 Å². The molecular weight excluding hydrogens is 432 g/mol. The summed E-state index contributed by atoms with van der Waals surface area (Å²) in [4.78, 5) is 17.8. The highest BCUT2D eigenvalue weighted by Gasteiger charge is 2.31. The number of ether oxygens (including phenoxy) is 2. The minimum atomic E-state index is -0.0867. The Morgan fingerprint density at radius 1 is 1.10 bits per heavy atom. The highest BCUT2D eigenvalue weighted by atomic mass is 79.9. The first kappa shape index (κ1) is 19.8. The first-order valence-electron chi connectivity index (χ1n) is 9.78. The molecule has 1 atom stereocenters. The fraction of sp³-hybridized carbons (Fsp3) is 0.348. The van der Waals surface area contributed by atoms with Gasteiger partial charge in [-0.25, -0.2) is 0 Å². The topological polar surface area (TPSA) is 54.6 Å². The van der Waals surface area contributed by atoms with Crippen LogP contribution in [0.2, 0.25) is 0 Å². The van der Waals surface area contributed by atoms with Crippen LogP contribution in [-0.4, -0.2) is 36.5 Å². The second-order valence-corrected chi connectivity index (χ2v) is 8.72. The minimum absolute atomic E-state index is 0.0867. The van der Waals surface area contributed by atoms with Crippen LogP contribution in [-0.2, 0) is 4.79 Å². The van der Waals surface area contributed by atoms with Gasteiger partial charge in [-0.15, -0.1) is 0 Å². The van der Waals surface area contributed by atoms with E-state index in [4.69, 9.17) is 9.47 Å². The Morgan fingerprint density at radius 2 is 1.86 bits per heavy atom. The van der Waals surface area contributed by atoms with Gasteiger partial charge in [0.25, 0.3) is 0 Å². The summed E-state index contributed by atoms with van der Waals surface area (Å²) in [5.41, 5.74) is 5.35. The first-order valence-corrected chi connectivity index (χ1v) is 10.7. The summed E-state index contributed by atoms with van der Waals surface area (Å²) in [5, 5.41) is 1.15. The molecule has 1 aliphatic rings. The SMILES string of the molecule is COc1ccc(-c2[nH]c3ccc(N4CCC(Br)C4=O)cc3c2C(C)C)cc1OC. The molecule has 1 amide bonds. The number of carbonyl (C=O) groups excluding carboxylic acids is 1. The van der Waals surface area contributed by atoms with Gasteiger partial charge in [0.2, 0.25) is 5.91 Å². The summed E-state index contributed by atoms with van der Waals surface area (Å²) in [6.07, 6.45) is 0.831. The van der Waals surface area contributed by atoms with Crippen molar-refractivity contribution in [2.45, 2.75) is 31.0 Å². The van der Waals surface area contributed by atoms with E-state index in [1.165, 1.54) is 5.56 Å². The number of anilines is 1. The number of carbonyl (C=O) groups is 1. The van der Waals surface area contributed by atoms with Crippen molar-refractivity contribution < 1.29 is 14.3 Å². The largest absolute Gasteiger partial charge is 0.493 e. The molecule has 5 nitrogen and oxygen atoms in total. The first-order chi connectivity index (χ1) is 13.9. The van der Waals surface area contributed by atoms with E-state index in [0.29, 0.717) is 17.4 Å². The van der Waals surface area contributed by atoms with Gasteiger partial charge in [0.05, 0.1) is 24.7 Å². The number of nitrogens with zero attached hydrogens (tertiary/aromatic N) is 1. The zero-order valence-corrected chi connectivity index (χ0v) is 18.7. The molecule has 2 heterocycles. The smallest absolute Gasteiger partial charge is 0.240 e. The lowest BCUT2D eigenvalue weighted by molar-refractivity contribution is -0.116. The fourth-order valence-electron chi connectivity index (χ4n) is 4.09. The molecule has 4 rings (SSSR count). The number of aromatic nitrogens is 1. The molecule has 1 unspecified atom stereocenters. The zero-order chi connectivity index (χ0) is 20.7. The lowest BCUT2D eigenvalue weighted by Gasteiger charge is -2.17. The molecule has 0 aliphatic carbocycles. The van der Waals surface area contributed by atoms with Crippen molar-refractivity contribution in [2.75, 3.05) is 25.7 Å². The molecule has 29 heavy (non-hydrogen) atoms. The summed E-state index contributed by atoms with van der Waals surface area (Å²) in [7, 11) is 3.28. The lowest BCUT2D eigenvalue weighted by atomic mass is 9.95. The fourth-order valence-corrected chi connectivity index (χ4v) is 4.54. The number of alkyl halides is 1. The van der Waals surface area contributed by atoms with Crippen LogP contribution in [0, 0.1) is 0 Å². The third-order valence-corrected chi connectivity index (χ3v) is 6.37. The number of benzene rings is 2. The van der Waals surface area contributed by atoms with Crippen LogP contribution in [0.5, 0.6) is 11.5 Å². The lowest BCUT2D eigenvalue weighted by Crippen LogP contribution is -2.26. The molecular formula is C23H25BrN2O3. The molecule has 6 heteroatoms. The molecule has 152 valence electrons. The second kappa shape index (κ2) is 7.75. The summed E-state index contributed by atoms with van der Waals surface area (Å²) < 4.78 is 10.9. The van der Waals surface area contributed by atoms with Crippen LogP contribution in [0.15, 0.2) is 36.4 Å². The predicted octanol–water partition coefficient (Wildman–Crippen LogP) is 5.48. The van der Waals surface area contributed by atoms with Gasteiger partial charge in [-0.3, -0.25) is 4.79 Å². The van der Waals surface area contributed by atoms with E-state index >= 15 is 0 Å². The molecule has 0 radical (unpaired) electrons. The maximum atomic E-state index is 12.5. The predicted molar refractivity (Wildman–Crippen MR) is 121 cm³/mol. The third-order valence-electron chi connectivity index (χ3n) is 5.52. The van der Waals surface area contributed by atoms with Crippen molar-refractivity contribution in [3.63, 3.8) is 0 Å². The van der Waals surface area contributed by atoms with Gasteiger partial charge < -0.3 is 19.4 Å². The van der Waals surface area contributed by atoms with E-state index in [-0.39, 0.29) is 10.7 Å². The molecule has 1 aliphatic heterocycles. The van der Waals surface area contributed by atoms with Gasteiger partial charge in [-0.2, -0.15) is 0 Å². The van der Waals surface area contributed by atoms with Gasteiger partial charge in [0.1, 0.15) is 0 Å². The van der Waals surface area contributed by atoms with E-state index in [1.807, 2.05) is 29.2 Å². The number of methoxy groups -OCH3 is 2. The number of amides is 1. The van der Waals surface area contributed by atoms with Crippen LogP contribution in [0.1, 0.15) is 31.7 Å². The van der Waals surface area contributed by atoms with E-state index in [9.17, 15) is 4.79 Å². The van der Waals surface area contributed by atoms with Crippen molar-refractivity contribution in [3.05, 3.63) is 42.0 Å². The Hall–Kier alpha value is -2.47. The van der Waals surface area contributed by atoms with Gasteiger partial charge in [-0.05, 0) is 54.3 Å². The van der Waals surface area contributed by atoms with E-state index in [0.717, 1.165) is 40.8 Å². The van der Waals surface area contributed by atoms with Gasteiger partial charge >= 0.3 is 0 Å². The number of nitrogens with one attached hydrogen (secondary N) is 1. The Morgan fingerprint density at radius 3 is 2.48 bits per heavy atom. The molecule has 0 bridgehead atoms. The maximum absolute atomic E-state index is 12.5. The second-order valence-electron chi connectivity index (χ2n) is 7.61. The number of hydrogen-bond acceptors (Lipinski definition) is 3. The Labute approximate surface area is 179 Å². The normalized spacial score (nSPS) is 16.8. The number of halogens is 1. The van der Waals surface area contributed by atoms with Crippen LogP contribution >= 0.6 is 15.9 Å². The molecule has 0 spiro atoms. The van der Waals surface area contributed by atoms with Gasteiger partial charge in [0, 0.05) is 28.7 Å². The van der Waals surface area contributed by atoms with Crippen molar-refractivity contribution in [1.82, 2.24) is 4.98 Å². The molecule has 0 saturated carbocycles. The van der Waals surface area contributed by atoms with Crippen LogP contribution in [0.25, 0.3) is 22.2 Å². The number of hydrogen-bond donors (Lipinski definition) is 1. The van der Waals surface area contributed by atoms with Gasteiger partial charge in [-0.1, -0.05) is 29.8 Å². The summed E-state index contributed by atoms with van der Waals surface area (Å²) in [5.74, 6) is 1.84. The molecule has 1 N–H and O–H groups in total. The van der Waals surface area contributed by atoms with E-state index < -0.39 is 0 Å². The standard InChI is InChI=1S/C23H25BrN2O3/c1-13(2)21-16-12-15(26-10-9-17(24)23(26)27)6-7-18(16)25-22(21)14-5-8-19(28-3)20(11-14)29-4/h5-8,11-13,17,25H,9-10H2,1-4H3. The Bertz CT molecular complexity index is 1070. The van der Waals surface area contributed by atoms with Crippen molar-refractivity contribution in [1.29, 1.82) is 0 Å². The van der Waals surface area contributed by atoms with E-state index in [1.54, 1.807) is 14.2 Å². The number of fused-ring (bicyclic) bond motifs is 1. The number of aromatic amines is 1. The molecule has 2 aromatic carbocycles. The van der Waals surface area contributed by atoms with Crippen LogP contribution < -0.4 is 14.4 Å². The average molecular weight is 457 g/mol. The zero-order valence-electron chi connectivity index (χ0n) is 17.1. The minimum Gasteiger partial charge on any atom is -0.493 e. The monoisotopic (exact) mass is 456 g/mol. The van der Waals surface area contributed by atoms with E-state index in [2.05, 4.69) is 46.9 Å². The Balaban J connectivity index is 1.86. The highest BCUT2D eigenvalue weighted by molar-refractivity contribution is 9.10. The number of H-pyrrole nitrogens is 1. The number of rotatable bonds is 5. The highest BCUT2D eigenvalue weighted by Crippen LogP contribution is 2.40. The quantitative estimate of drug-likeness (QED) is 0.517. The molecule has 1 aromatic heterocycles. The van der Waals surface area contributed by atoms with Gasteiger partial charge in [0.15, 0.2) is 11.5 Å². The van der Waals surface area contributed by atoms with Crippen LogP contribution in [0.3, 0.4) is 0 Å². The Kier molecular flexibility index (Phi) is 5.30. The summed E-state index contributed by atoms with van der Waals surface area (Å²) in [6, 6.07) is 12.2. The van der Waals surface area contributed by atoms with Crippen molar-refractivity contribution in [3.8, 4) is 22.8 Å². The molecule has 1 fully saturated rings. The maximum Gasteiger partial charge on any atom is 0.240 e. The summed E-state index contributed by atoms with van der Waals surface area (Å²) >= 11 is 3.47. The van der Waals surface area contributed by atoms with Crippen molar-refractivity contribution in [2.24, 2.45) is 0 Å². The third kappa shape index (κ3) is 3.39.